The van der Waals surface area contributed by atoms with Gasteiger partial charge in [-0.1, -0.05) is 13.8 Å². The molecular weight excluding hydrogens is 478 g/mol. The van der Waals surface area contributed by atoms with Gasteiger partial charge in [0.15, 0.2) is 0 Å². The summed E-state index contributed by atoms with van der Waals surface area (Å²) in [6.07, 6.45) is 4.95. The molecule has 0 aliphatic heterocycles. The molecule has 2 unspecified atom stereocenters. The summed E-state index contributed by atoms with van der Waals surface area (Å²) in [5, 5.41) is 0. The molecule has 0 aromatic heterocycles. The maximum Gasteiger partial charge on any atom is -1.00 e. The Bertz CT molecular complexity index is 777. The van der Waals surface area contributed by atoms with Crippen LogP contribution >= 0.6 is 0 Å². The van der Waals surface area contributed by atoms with Crippen molar-refractivity contribution in [3.8, 4) is 0 Å². The molecule has 0 N–H and O–H groups in total. The van der Waals surface area contributed by atoms with E-state index in [1.54, 1.807) is 22.3 Å². The van der Waals surface area contributed by atoms with Crippen LogP contribution in [0.3, 0.4) is 0 Å². The molecular formula is C24H31Cl2SiZr. The van der Waals surface area contributed by atoms with Crippen LogP contribution < -0.4 is 24.8 Å². The van der Waals surface area contributed by atoms with Gasteiger partial charge in [0.05, 0.1) is 0 Å². The summed E-state index contributed by atoms with van der Waals surface area (Å²) >= 11 is -1.64. The van der Waals surface area contributed by atoms with E-state index in [2.05, 4.69) is 81.5 Å². The SMILES string of the molecule is CC.CC[SiH2][Zr+2]([CH]1C(C)=Cc2ccccc21)[CH]1C(C)=Cc2ccccc21.[Cl-].[Cl-]. The van der Waals surface area contributed by atoms with Crippen molar-refractivity contribution in [2.45, 2.75) is 47.9 Å². The predicted octanol–water partition coefficient (Wildman–Crippen LogP) is 0.477. The summed E-state index contributed by atoms with van der Waals surface area (Å²) in [5.74, 6) is 0. The van der Waals surface area contributed by atoms with Gasteiger partial charge in [-0.3, -0.25) is 0 Å². The van der Waals surface area contributed by atoms with E-state index in [1.165, 1.54) is 17.2 Å². The van der Waals surface area contributed by atoms with Gasteiger partial charge in [-0.15, -0.1) is 0 Å². The summed E-state index contributed by atoms with van der Waals surface area (Å²) in [5.41, 5.74) is 9.62. The van der Waals surface area contributed by atoms with Crippen LogP contribution in [0.5, 0.6) is 0 Å². The van der Waals surface area contributed by atoms with Crippen molar-refractivity contribution >= 4 is 18.8 Å². The van der Waals surface area contributed by atoms with Crippen LogP contribution in [-0.2, 0) is 20.9 Å². The number of allylic oxidation sites excluding steroid dienone is 2. The quantitative estimate of drug-likeness (QED) is 0.526. The molecule has 0 fully saturated rings. The second-order valence-electron chi connectivity index (χ2n) is 7.23. The largest absolute Gasteiger partial charge is 1.00 e. The van der Waals surface area contributed by atoms with Crippen LogP contribution in [0, 0.1) is 0 Å². The zero-order chi connectivity index (χ0) is 18.7. The zero-order valence-corrected chi connectivity index (χ0v) is 23.0. The average molecular weight is 510 g/mol. The van der Waals surface area contributed by atoms with Crippen molar-refractivity contribution in [1.82, 2.24) is 0 Å². The van der Waals surface area contributed by atoms with Gasteiger partial charge >= 0.3 is 156 Å². The minimum absolute atomic E-state index is 0. The normalized spacial score (nSPS) is 18.8. The van der Waals surface area contributed by atoms with E-state index >= 15 is 0 Å². The van der Waals surface area contributed by atoms with Gasteiger partial charge in [-0.25, -0.2) is 0 Å². The molecule has 2 aliphatic carbocycles. The maximum atomic E-state index is 2.48. The molecule has 0 heterocycles. The Morgan fingerprint density at radius 3 is 1.54 bits per heavy atom. The van der Waals surface area contributed by atoms with Crippen LogP contribution in [0.2, 0.25) is 6.04 Å². The van der Waals surface area contributed by atoms with Crippen LogP contribution in [0.1, 0.15) is 64.1 Å². The van der Waals surface area contributed by atoms with Crippen molar-refractivity contribution in [2.75, 3.05) is 0 Å². The summed E-state index contributed by atoms with van der Waals surface area (Å²) in [6.45, 7) is 11.3. The number of rotatable bonds is 4. The number of hydrogen-bond acceptors (Lipinski definition) is 0. The fraction of sp³-hybridized carbons (Fsp3) is 0.333. The molecule has 28 heavy (non-hydrogen) atoms. The molecule has 2 atom stereocenters. The van der Waals surface area contributed by atoms with Crippen molar-refractivity contribution in [1.29, 1.82) is 0 Å². The fourth-order valence-electron chi connectivity index (χ4n) is 4.69. The van der Waals surface area contributed by atoms with Crippen LogP contribution in [-0.4, -0.2) is 6.65 Å². The molecule has 0 amide bonds. The fourth-order valence-corrected chi connectivity index (χ4v) is 28.1. The number of halogens is 2. The van der Waals surface area contributed by atoms with Crippen LogP contribution in [0.4, 0.5) is 0 Å². The first kappa shape index (κ1) is 25.6. The van der Waals surface area contributed by atoms with Gasteiger partial charge < -0.3 is 24.8 Å². The topological polar surface area (TPSA) is 0 Å². The van der Waals surface area contributed by atoms with E-state index in [1.807, 2.05) is 13.8 Å². The van der Waals surface area contributed by atoms with Gasteiger partial charge in [-0.05, 0) is 0 Å². The van der Waals surface area contributed by atoms with Crippen molar-refractivity contribution < 1.29 is 45.7 Å². The average Bonchev–Trinajstić information content (AvgIpc) is 3.17. The second kappa shape index (κ2) is 11.7. The first-order valence-electron chi connectivity index (χ1n) is 10.1. The van der Waals surface area contributed by atoms with E-state index in [0.29, 0.717) is 0 Å². The maximum absolute atomic E-state index is 2.48. The molecule has 2 aromatic carbocycles. The molecule has 0 bridgehead atoms. The molecule has 0 saturated carbocycles. The van der Waals surface area contributed by atoms with Crippen molar-refractivity contribution in [3.63, 3.8) is 0 Å². The summed E-state index contributed by atoms with van der Waals surface area (Å²) in [4.78, 5) is 0. The molecule has 2 aromatic rings. The molecule has 4 heteroatoms. The number of fused-ring (bicyclic) bond motifs is 2. The predicted molar refractivity (Wildman–Crippen MR) is 116 cm³/mol. The zero-order valence-electron chi connectivity index (χ0n) is 17.6. The minimum atomic E-state index is -1.64. The first-order valence-corrected chi connectivity index (χ1v) is 19.9. The van der Waals surface area contributed by atoms with Crippen LogP contribution in [0.25, 0.3) is 12.2 Å². The minimum Gasteiger partial charge on any atom is -1.00 e. The van der Waals surface area contributed by atoms with Crippen LogP contribution in [0.15, 0.2) is 59.7 Å². The first-order chi connectivity index (χ1) is 12.7. The summed E-state index contributed by atoms with van der Waals surface area (Å²) < 4.78 is 1.63. The molecule has 0 radical (unpaired) electrons. The van der Waals surface area contributed by atoms with E-state index in [9.17, 15) is 0 Å². The van der Waals surface area contributed by atoms with Gasteiger partial charge in [0, 0.05) is 0 Å². The number of benzene rings is 2. The van der Waals surface area contributed by atoms with E-state index in [0.717, 1.165) is 7.25 Å². The third-order valence-corrected chi connectivity index (χ3v) is 26.8. The third-order valence-electron chi connectivity index (χ3n) is 5.57. The Kier molecular flexibility index (Phi) is 10.7. The van der Waals surface area contributed by atoms with Gasteiger partial charge in [-0.2, -0.15) is 0 Å². The van der Waals surface area contributed by atoms with Gasteiger partial charge in [0.1, 0.15) is 0 Å². The standard InChI is InChI=1S/2C10H9.C2H7Si.C2H6.2ClH.Zr/c2*1-8-6-9-4-2-3-5-10(9)7-8;1-2-3;1-2;;;/h2*2-7H,1H3;2-3H2,1H3;1-2H3;2*1H;/q;;;;;;+2/p-2. The van der Waals surface area contributed by atoms with Crippen molar-refractivity contribution in [3.05, 3.63) is 81.9 Å². The summed E-state index contributed by atoms with van der Waals surface area (Å²) in [7, 11) is 0. The third kappa shape index (κ3) is 4.84. The molecule has 0 spiro atoms. The Morgan fingerprint density at radius 1 is 0.750 bits per heavy atom. The second-order valence-corrected chi connectivity index (χ2v) is 22.9. The van der Waals surface area contributed by atoms with E-state index < -0.39 is 20.9 Å². The molecule has 2 aliphatic rings. The van der Waals surface area contributed by atoms with Gasteiger partial charge in [0.25, 0.3) is 0 Å². The summed E-state index contributed by atoms with van der Waals surface area (Å²) in [6, 6.07) is 19.8. The Hall–Kier alpha value is -0.400. The smallest absolute Gasteiger partial charge is 1.00 e. The molecule has 0 saturated heterocycles. The molecule has 0 nitrogen and oxygen atoms in total. The van der Waals surface area contributed by atoms with Crippen molar-refractivity contribution in [2.24, 2.45) is 0 Å². The molecule has 149 valence electrons. The van der Waals surface area contributed by atoms with Gasteiger partial charge in [0.2, 0.25) is 0 Å². The Balaban J connectivity index is 0.000000950. The monoisotopic (exact) mass is 507 g/mol. The van der Waals surface area contributed by atoms with E-state index in [4.69, 9.17) is 0 Å². The Morgan fingerprint density at radius 2 is 1.14 bits per heavy atom. The van der Waals surface area contributed by atoms with E-state index in [-0.39, 0.29) is 31.5 Å². The molecule has 4 rings (SSSR count). The Labute approximate surface area is 193 Å². The number of hydrogen-bond donors (Lipinski definition) is 0.